The van der Waals surface area contributed by atoms with E-state index in [1.54, 1.807) is 4.90 Å². The molecule has 0 aliphatic carbocycles. The Morgan fingerprint density at radius 3 is 2.50 bits per heavy atom. The van der Waals surface area contributed by atoms with Gasteiger partial charge in [0, 0.05) is 24.8 Å². The van der Waals surface area contributed by atoms with Gasteiger partial charge in [0.25, 0.3) is 5.91 Å². The lowest BCUT2D eigenvalue weighted by molar-refractivity contribution is 0.0978. The van der Waals surface area contributed by atoms with Crippen LogP contribution in [-0.4, -0.2) is 51.8 Å². The molecule has 0 radical (unpaired) electrons. The third-order valence-electron chi connectivity index (χ3n) is 5.00. The molecule has 0 unspecified atom stereocenters. The lowest BCUT2D eigenvalue weighted by Gasteiger charge is -2.24. The van der Waals surface area contributed by atoms with Crippen LogP contribution < -0.4 is 4.90 Å². The number of halogens is 2. The first-order valence-electron chi connectivity index (χ1n) is 10.0. The predicted octanol–water partition coefficient (Wildman–Crippen LogP) is 5.45. The first-order valence-corrected chi connectivity index (χ1v) is 11.2. The fourth-order valence-electron chi connectivity index (χ4n) is 3.34. The van der Waals surface area contributed by atoms with Gasteiger partial charge in [-0.2, -0.15) is 5.10 Å². The van der Waals surface area contributed by atoms with E-state index in [1.807, 2.05) is 35.9 Å². The smallest absolute Gasteiger partial charge is 0.280 e. The molecule has 164 valence electrons. The quantitative estimate of drug-likeness (QED) is 0.440. The summed E-state index contributed by atoms with van der Waals surface area (Å²) in [4.78, 5) is 22.2. The highest BCUT2D eigenvalue weighted by Gasteiger charge is 2.25. The molecule has 0 aliphatic rings. The fraction of sp³-hybridized carbons (Fsp3) is 0.476. The van der Waals surface area contributed by atoms with Crippen molar-refractivity contribution < 1.29 is 4.79 Å². The van der Waals surface area contributed by atoms with Gasteiger partial charge in [-0.15, -0.1) is 12.4 Å². The SMILES string of the molecule is CCN(CC)CCN(C(=O)c1cc(C)n(C(C)C)n1)c1nc2c(Cl)cccc2s1.Cl. The van der Waals surface area contributed by atoms with Crippen LogP contribution >= 0.6 is 35.3 Å². The third kappa shape index (κ3) is 5.14. The number of carbonyl (C=O) groups excluding carboxylic acids is 1. The topological polar surface area (TPSA) is 54.3 Å². The zero-order valence-corrected chi connectivity index (χ0v) is 20.4. The van der Waals surface area contributed by atoms with Crippen LogP contribution in [0.15, 0.2) is 24.3 Å². The lowest BCUT2D eigenvalue weighted by Crippen LogP contribution is -2.39. The zero-order valence-electron chi connectivity index (χ0n) is 18.1. The molecule has 3 rings (SSSR count). The molecule has 30 heavy (non-hydrogen) atoms. The largest absolute Gasteiger partial charge is 0.302 e. The number of carbonyl (C=O) groups is 1. The zero-order chi connectivity index (χ0) is 21.1. The second-order valence-electron chi connectivity index (χ2n) is 7.28. The van der Waals surface area contributed by atoms with Gasteiger partial charge in [-0.25, -0.2) is 4.98 Å². The van der Waals surface area contributed by atoms with Crippen molar-refractivity contribution in [1.29, 1.82) is 0 Å². The number of para-hydroxylation sites is 1. The Labute approximate surface area is 193 Å². The van der Waals surface area contributed by atoms with E-state index in [2.05, 4.69) is 37.7 Å². The molecule has 1 amide bonds. The van der Waals surface area contributed by atoms with Crippen molar-refractivity contribution in [1.82, 2.24) is 19.7 Å². The highest BCUT2D eigenvalue weighted by molar-refractivity contribution is 7.22. The average Bonchev–Trinajstić information content (AvgIpc) is 3.29. The third-order valence-corrected chi connectivity index (χ3v) is 6.35. The van der Waals surface area contributed by atoms with E-state index in [0.717, 1.165) is 35.5 Å². The molecule has 6 nitrogen and oxygen atoms in total. The predicted molar refractivity (Wildman–Crippen MR) is 129 cm³/mol. The number of benzene rings is 1. The number of fused-ring (bicyclic) bond motifs is 1. The Balaban J connectivity index is 0.00000320. The number of aromatic nitrogens is 3. The number of anilines is 1. The summed E-state index contributed by atoms with van der Waals surface area (Å²) >= 11 is 7.80. The van der Waals surface area contributed by atoms with Gasteiger partial charge in [0.2, 0.25) is 0 Å². The van der Waals surface area contributed by atoms with Crippen molar-refractivity contribution in [3.63, 3.8) is 0 Å². The summed E-state index contributed by atoms with van der Waals surface area (Å²) in [6, 6.07) is 7.76. The maximum atomic E-state index is 13.4. The molecule has 0 bridgehead atoms. The number of hydrogen-bond acceptors (Lipinski definition) is 5. The van der Waals surface area contributed by atoms with Crippen LogP contribution in [0.5, 0.6) is 0 Å². The van der Waals surface area contributed by atoms with Crippen molar-refractivity contribution in [2.75, 3.05) is 31.1 Å². The summed E-state index contributed by atoms with van der Waals surface area (Å²) in [6.07, 6.45) is 0. The van der Waals surface area contributed by atoms with Crippen LogP contribution in [0.25, 0.3) is 10.2 Å². The number of amides is 1. The van der Waals surface area contributed by atoms with Gasteiger partial charge in [0.1, 0.15) is 5.52 Å². The molecule has 0 atom stereocenters. The number of rotatable bonds is 8. The summed E-state index contributed by atoms with van der Waals surface area (Å²) in [5, 5.41) is 5.81. The Bertz CT molecular complexity index is 997. The van der Waals surface area contributed by atoms with E-state index in [0.29, 0.717) is 22.4 Å². The molecule has 0 aliphatic heterocycles. The molecule has 0 saturated carbocycles. The van der Waals surface area contributed by atoms with Gasteiger partial charge in [-0.3, -0.25) is 14.4 Å². The maximum Gasteiger partial charge on any atom is 0.280 e. The summed E-state index contributed by atoms with van der Waals surface area (Å²) in [6.45, 7) is 13.5. The Hall–Kier alpha value is -1.67. The second-order valence-corrected chi connectivity index (χ2v) is 8.69. The van der Waals surface area contributed by atoms with Gasteiger partial charge >= 0.3 is 0 Å². The number of likely N-dealkylation sites (N-methyl/N-ethyl adjacent to an activating group) is 1. The standard InChI is InChI=1S/C21H28ClN5OS.ClH/c1-6-25(7-2)11-12-26(20(28)17-13-15(5)27(24-17)14(3)4)21-23-19-16(22)9-8-10-18(19)29-21;/h8-10,13-14H,6-7,11-12H2,1-5H3;1H. The average molecular weight is 470 g/mol. The van der Waals surface area contributed by atoms with Crippen LogP contribution in [0.4, 0.5) is 5.13 Å². The van der Waals surface area contributed by atoms with Gasteiger partial charge < -0.3 is 4.90 Å². The summed E-state index contributed by atoms with van der Waals surface area (Å²) in [7, 11) is 0. The Morgan fingerprint density at radius 2 is 1.93 bits per heavy atom. The molecule has 2 aromatic heterocycles. The minimum atomic E-state index is -0.130. The number of aryl methyl sites for hydroxylation is 1. The molecule has 2 heterocycles. The number of hydrogen-bond donors (Lipinski definition) is 0. The van der Waals surface area contributed by atoms with Crippen LogP contribution in [0, 0.1) is 6.92 Å². The van der Waals surface area contributed by atoms with E-state index >= 15 is 0 Å². The van der Waals surface area contributed by atoms with Crippen LogP contribution in [-0.2, 0) is 0 Å². The second kappa shape index (κ2) is 10.6. The van der Waals surface area contributed by atoms with E-state index in [4.69, 9.17) is 16.6 Å². The lowest BCUT2D eigenvalue weighted by atomic mass is 10.3. The van der Waals surface area contributed by atoms with Crippen molar-refractivity contribution in [3.8, 4) is 0 Å². The minimum Gasteiger partial charge on any atom is -0.302 e. The Kier molecular flexibility index (Phi) is 8.67. The fourth-order valence-corrected chi connectivity index (χ4v) is 4.63. The van der Waals surface area contributed by atoms with Crippen molar-refractivity contribution >= 4 is 56.6 Å². The number of thiazole rings is 1. The molecule has 0 spiro atoms. The van der Waals surface area contributed by atoms with Crippen molar-refractivity contribution in [2.45, 2.75) is 40.7 Å². The first kappa shape index (κ1) is 24.6. The highest BCUT2D eigenvalue weighted by Crippen LogP contribution is 2.33. The Morgan fingerprint density at radius 1 is 1.23 bits per heavy atom. The van der Waals surface area contributed by atoms with Crippen LogP contribution in [0.1, 0.15) is 49.9 Å². The minimum absolute atomic E-state index is 0. The molecular weight excluding hydrogens is 441 g/mol. The first-order chi connectivity index (χ1) is 13.8. The van der Waals surface area contributed by atoms with Crippen molar-refractivity contribution in [2.24, 2.45) is 0 Å². The monoisotopic (exact) mass is 469 g/mol. The number of nitrogens with zero attached hydrogens (tertiary/aromatic N) is 5. The molecular formula is C21H29Cl2N5OS. The van der Waals surface area contributed by atoms with Crippen LogP contribution in [0.2, 0.25) is 5.02 Å². The van der Waals surface area contributed by atoms with E-state index in [1.165, 1.54) is 11.3 Å². The molecule has 3 aromatic rings. The normalized spacial score (nSPS) is 11.3. The van der Waals surface area contributed by atoms with Gasteiger partial charge in [0.15, 0.2) is 10.8 Å². The molecule has 9 heteroatoms. The molecule has 0 saturated heterocycles. The summed E-state index contributed by atoms with van der Waals surface area (Å²) in [5.41, 5.74) is 2.15. The van der Waals surface area contributed by atoms with Gasteiger partial charge in [-0.1, -0.05) is 42.9 Å². The summed E-state index contributed by atoms with van der Waals surface area (Å²) in [5.74, 6) is -0.130. The summed E-state index contributed by atoms with van der Waals surface area (Å²) < 4.78 is 2.85. The maximum absolute atomic E-state index is 13.4. The van der Waals surface area contributed by atoms with E-state index in [9.17, 15) is 4.79 Å². The van der Waals surface area contributed by atoms with E-state index < -0.39 is 0 Å². The van der Waals surface area contributed by atoms with Crippen LogP contribution in [0.3, 0.4) is 0 Å². The van der Waals surface area contributed by atoms with E-state index in [-0.39, 0.29) is 24.4 Å². The molecule has 0 fully saturated rings. The van der Waals surface area contributed by atoms with Gasteiger partial charge in [-0.05, 0) is 52.1 Å². The van der Waals surface area contributed by atoms with Gasteiger partial charge in [0.05, 0.1) is 9.72 Å². The molecule has 0 N–H and O–H groups in total. The van der Waals surface area contributed by atoms with Crippen molar-refractivity contribution in [3.05, 3.63) is 40.7 Å². The molecule has 1 aromatic carbocycles. The highest BCUT2D eigenvalue weighted by atomic mass is 35.5.